The molecule has 1 atom stereocenters. The van der Waals surface area contributed by atoms with Crippen molar-refractivity contribution >= 4 is 12.1 Å². The van der Waals surface area contributed by atoms with Gasteiger partial charge in [-0.25, -0.2) is 9.59 Å². The third-order valence-electron chi connectivity index (χ3n) is 5.86. The number of carboxylic acids is 1. The van der Waals surface area contributed by atoms with E-state index in [9.17, 15) is 14.7 Å². The van der Waals surface area contributed by atoms with Gasteiger partial charge in [-0.15, -0.1) is 0 Å². The molecule has 31 heavy (non-hydrogen) atoms. The van der Waals surface area contributed by atoms with E-state index in [1.165, 1.54) is 0 Å². The molecular formula is C26H25NO4. The fourth-order valence-corrected chi connectivity index (χ4v) is 4.22. The van der Waals surface area contributed by atoms with Gasteiger partial charge in [0.1, 0.15) is 12.6 Å². The lowest BCUT2D eigenvalue weighted by Crippen LogP contribution is -2.43. The van der Waals surface area contributed by atoms with E-state index in [1.54, 1.807) is 0 Å². The number of carboxylic acid groups (broad SMARTS) is 1. The van der Waals surface area contributed by atoms with Crippen LogP contribution in [0.3, 0.4) is 0 Å². The van der Waals surface area contributed by atoms with E-state index < -0.39 is 18.1 Å². The van der Waals surface area contributed by atoms with E-state index in [2.05, 4.69) is 17.4 Å². The Morgan fingerprint density at radius 3 is 2.19 bits per heavy atom. The molecule has 1 aliphatic rings. The maximum Gasteiger partial charge on any atom is 0.407 e. The maximum absolute atomic E-state index is 12.5. The monoisotopic (exact) mass is 415 g/mol. The Kier molecular flexibility index (Phi) is 5.76. The van der Waals surface area contributed by atoms with Gasteiger partial charge in [0, 0.05) is 12.3 Å². The number of hydrogen-bond acceptors (Lipinski definition) is 3. The second-order valence-corrected chi connectivity index (χ2v) is 7.99. The quantitative estimate of drug-likeness (QED) is 0.604. The van der Waals surface area contributed by atoms with E-state index in [0.29, 0.717) is 0 Å². The van der Waals surface area contributed by atoms with E-state index in [0.717, 1.165) is 38.9 Å². The van der Waals surface area contributed by atoms with Crippen LogP contribution in [0.5, 0.6) is 0 Å². The third-order valence-corrected chi connectivity index (χ3v) is 5.86. The van der Waals surface area contributed by atoms with E-state index in [4.69, 9.17) is 4.74 Å². The maximum atomic E-state index is 12.5. The van der Waals surface area contributed by atoms with Crippen molar-refractivity contribution in [1.29, 1.82) is 0 Å². The van der Waals surface area contributed by atoms with Gasteiger partial charge in [0.15, 0.2) is 0 Å². The number of aliphatic carboxylic acids is 1. The Morgan fingerprint density at radius 1 is 0.968 bits per heavy atom. The SMILES string of the molecule is Cc1ccc(C)c(CC(NC(=O)OCC2c3ccccc3-c3ccccc32)C(=O)O)c1. The number of alkyl carbamates (subject to hydrolysis) is 1. The van der Waals surface area contributed by atoms with Crippen LogP contribution in [-0.4, -0.2) is 29.8 Å². The summed E-state index contributed by atoms with van der Waals surface area (Å²) in [5.41, 5.74) is 7.45. The number of fused-ring (bicyclic) bond motifs is 3. The number of benzene rings is 3. The number of hydrogen-bond donors (Lipinski definition) is 2. The van der Waals surface area contributed by atoms with Gasteiger partial charge in [-0.05, 0) is 47.2 Å². The van der Waals surface area contributed by atoms with Crippen LogP contribution in [-0.2, 0) is 16.0 Å². The predicted octanol–water partition coefficient (Wildman–Crippen LogP) is 4.84. The molecule has 0 saturated carbocycles. The molecule has 1 aliphatic carbocycles. The standard InChI is InChI=1S/C26H25NO4/c1-16-11-12-17(2)18(13-16)14-24(25(28)29)27-26(30)31-15-23-21-9-5-3-7-19(21)20-8-4-6-10-22(20)23/h3-13,23-24H,14-15H2,1-2H3,(H,27,30)(H,28,29). The molecule has 2 N–H and O–H groups in total. The molecule has 5 heteroatoms. The Hall–Kier alpha value is -3.60. The van der Waals surface area contributed by atoms with Crippen molar-refractivity contribution in [2.75, 3.05) is 6.61 Å². The van der Waals surface area contributed by atoms with Crippen molar-refractivity contribution in [1.82, 2.24) is 5.32 Å². The topological polar surface area (TPSA) is 75.6 Å². The normalized spacial score (nSPS) is 13.2. The molecule has 0 saturated heterocycles. The highest BCUT2D eigenvalue weighted by atomic mass is 16.5. The van der Waals surface area contributed by atoms with Crippen molar-refractivity contribution in [3.63, 3.8) is 0 Å². The molecule has 0 spiro atoms. The summed E-state index contributed by atoms with van der Waals surface area (Å²) in [6.45, 7) is 4.04. The largest absolute Gasteiger partial charge is 0.480 e. The summed E-state index contributed by atoms with van der Waals surface area (Å²) in [4.78, 5) is 24.2. The molecule has 3 aromatic rings. The first-order valence-electron chi connectivity index (χ1n) is 10.3. The van der Waals surface area contributed by atoms with E-state index >= 15 is 0 Å². The molecule has 158 valence electrons. The van der Waals surface area contributed by atoms with Crippen LogP contribution in [0, 0.1) is 13.8 Å². The minimum atomic E-state index is -1.09. The highest BCUT2D eigenvalue weighted by molar-refractivity contribution is 5.81. The van der Waals surface area contributed by atoms with E-state index in [1.807, 2.05) is 68.4 Å². The van der Waals surface area contributed by atoms with Crippen LogP contribution in [0.15, 0.2) is 66.7 Å². The lowest BCUT2D eigenvalue weighted by molar-refractivity contribution is -0.139. The molecule has 0 aromatic heterocycles. The zero-order chi connectivity index (χ0) is 22.0. The average molecular weight is 415 g/mol. The molecule has 0 aliphatic heterocycles. The molecule has 1 amide bonds. The number of amides is 1. The van der Waals surface area contributed by atoms with Crippen LogP contribution in [0.2, 0.25) is 0 Å². The Labute approximate surface area is 181 Å². The Morgan fingerprint density at radius 2 is 1.58 bits per heavy atom. The van der Waals surface area contributed by atoms with Gasteiger partial charge >= 0.3 is 12.1 Å². The third kappa shape index (κ3) is 4.31. The molecule has 0 radical (unpaired) electrons. The van der Waals surface area contributed by atoms with Crippen molar-refractivity contribution in [3.05, 3.63) is 94.5 Å². The zero-order valence-corrected chi connectivity index (χ0v) is 17.6. The molecule has 0 bridgehead atoms. The zero-order valence-electron chi connectivity index (χ0n) is 17.6. The van der Waals surface area contributed by atoms with Gasteiger partial charge in [0.25, 0.3) is 0 Å². The highest BCUT2D eigenvalue weighted by Crippen LogP contribution is 2.44. The van der Waals surface area contributed by atoms with Gasteiger partial charge in [0.05, 0.1) is 0 Å². The van der Waals surface area contributed by atoms with Crippen molar-refractivity contribution in [2.24, 2.45) is 0 Å². The van der Waals surface area contributed by atoms with Gasteiger partial charge < -0.3 is 15.2 Å². The molecule has 5 nitrogen and oxygen atoms in total. The lowest BCUT2D eigenvalue weighted by Gasteiger charge is -2.18. The van der Waals surface area contributed by atoms with Gasteiger partial charge in [-0.3, -0.25) is 0 Å². The summed E-state index contributed by atoms with van der Waals surface area (Å²) in [5.74, 6) is -1.16. The van der Waals surface area contributed by atoms with Gasteiger partial charge in [-0.2, -0.15) is 0 Å². The van der Waals surface area contributed by atoms with Gasteiger partial charge in [0.2, 0.25) is 0 Å². The number of carbonyl (C=O) groups excluding carboxylic acids is 1. The van der Waals surface area contributed by atoms with Crippen LogP contribution in [0.1, 0.15) is 33.7 Å². The second kappa shape index (κ2) is 8.64. The fraction of sp³-hybridized carbons (Fsp3) is 0.231. The average Bonchev–Trinajstić information content (AvgIpc) is 3.08. The summed E-state index contributed by atoms with van der Waals surface area (Å²) in [5, 5.41) is 12.1. The fourth-order valence-electron chi connectivity index (χ4n) is 4.22. The first-order valence-corrected chi connectivity index (χ1v) is 10.3. The predicted molar refractivity (Wildman–Crippen MR) is 119 cm³/mol. The highest BCUT2D eigenvalue weighted by Gasteiger charge is 2.29. The Bertz CT molecular complexity index is 1090. The molecule has 4 rings (SSSR count). The number of rotatable bonds is 6. The number of nitrogens with one attached hydrogen (secondary N) is 1. The summed E-state index contributed by atoms with van der Waals surface area (Å²) in [6.07, 6.45) is -0.521. The van der Waals surface area contributed by atoms with Crippen molar-refractivity contribution < 1.29 is 19.4 Å². The van der Waals surface area contributed by atoms with Gasteiger partial charge in [-0.1, -0.05) is 72.3 Å². The van der Waals surface area contributed by atoms with Crippen LogP contribution < -0.4 is 5.32 Å². The molecule has 0 heterocycles. The summed E-state index contributed by atoms with van der Waals surface area (Å²) < 4.78 is 5.50. The molecule has 1 unspecified atom stereocenters. The summed E-state index contributed by atoms with van der Waals surface area (Å²) >= 11 is 0. The lowest BCUT2D eigenvalue weighted by atomic mass is 9.98. The summed E-state index contributed by atoms with van der Waals surface area (Å²) in [7, 11) is 0. The number of carbonyl (C=O) groups is 2. The van der Waals surface area contributed by atoms with Crippen LogP contribution >= 0.6 is 0 Å². The molecule has 3 aromatic carbocycles. The summed E-state index contributed by atoms with van der Waals surface area (Å²) in [6, 6.07) is 21.0. The smallest absolute Gasteiger partial charge is 0.407 e. The first-order chi connectivity index (χ1) is 14.9. The first kappa shape index (κ1) is 20.7. The Balaban J connectivity index is 1.45. The molecular weight excluding hydrogens is 390 g/mol. The second-order valence-electron chi connectivity index (χ2n) is 7.99. The number of aryl methyl sites for hydroxylation is 2. The van der Waals surface area contributed by atoms with E-state index in [-0.39, 0.29) is 18.9 Å². The van der Waals surface area contributed by atoms with Crippen molar-refractivity contribution in [2.45, 2.75) is 32.2 Å². The minimum absolute atomic E-state index is 0.0690. The van der Waals surface area contributed by atoms with Crippen LogP contribution in [0.25, 0.3) is 11.1 Å². The van der Waals surface area contributed by atoms with Crippen LogP contribution in [0.4, 0.5) is 4.79 Å². The number of ether oxygens (including phenoxy) is 1. The molecule has 0 fully saturated rings. The minimum Gasteiger partial charge on any atom is -0.480 e. The van der Waals surface area contributed by atoms with Crippen molar-refractivity contribution in [3.8, 4) is 11.1 Å².